The van der Waals surface area contributed by atoms with Gasteiger partial charge in [-0.15, -0.1) is 19.3 Å². The monoisotopic (exact) mass is 306 g/mol. The van der Waals surface area contributed by atoms with Gasteiger partial charge in [0.1, 0.15) is 26.4 Å². The number of ether oxygens (including phenoxy) is 4. The first-order chi connectivity index (χ1) is 10.6. The van der Waals surface area contributed by atoms with Gasteiger partial charge < -0.3 is 18.9 Å². The lowest BCUT2D eigenvalue weighted by Crippen LogP contribution is -2.42. The van der Waals surface area contributed by atoms with E-state index in [0.717, 1.165) is 0 Å². The van der Waals surface area contributed by atoms with Crippen LogP contribution >= 0.6 is 0 Å². The number of rotatable bonds is 12. The van der Waals surface area contributed by atoms with Gasteiger partial charge in [0.15, 0.2) is 0 Å². The van der Waals surface area contributed by atoms with Gasteiger partial charge in [-0.2, -0.15) is 0 Å². The van der Waals surface area contributed by atoms with Crippen molar-refractivity contribution in [2.45, 2.75) is 13.3 Å². The molecule has 0 aliphatic carbocycles. The molecule has 0 amide bonds. The molecule has 0 bridgehead atoms. The summed E-state index contributed by atoms with van der Waals surface area (Å²) in [5.41, 5.74) is -0.713. The molecule has 0 unspecified atom stereocenters. The van der Waals surface area contributed by atoms with Crippen molar-refractivity contribution < 1.29 is 23.7 Å². The Balaban J connectivity index is 4.84. The van der Waals surface area contributed by atoms with Crippen molar-refractivity contribution in [3.8, 4) is 37.0 Å². The van der Waals surface area contributed by atoms with Crippen LogP contribution in [0.2, 0.25) is 0 Å². The van der Waals surface area contributed by atoms with Crippen molar-refractivity contribution in [2.75, 3.05) is 46.2 Å². The summed E-state index contributed by atoms with van der Waals surface area (Å²) in [6.07, 6.45) is 15.8. The van der Waals surface area contributed by atoms with Crippen LogP contribution in [-0.2, 0) is 23.7 Å². The fourth-order valence-corrected chi connectivity index (χ4v) is 1.57. The zero-order chi connectivity index (χ0) is 16.7. The van der Waals surface area contributed by atoms with E-state index in [1.807, 2.05) is 0 Å². The number of carbonyl (C=O) groups is 1. The fraction of sp³-hybridized carbons (Fsp3) is 0.588. The molecular weight excluding hydrogens is 284 g/mol. The highest BCUT2D eigenvalue weighted by Gasteiger charge is 2.33. The topological polar surface area (TPSA) is 54.0 Å². The van der Waals surface area contributed by atoms with E-state index in [0.29, 0.717) is 0 Å². The summed E-state index contributed by atoms with van der Waals surface area (Å²) < 4.78 is 21.4. The molecule has 0 aromatic carbocycles. The van der Waals surface area contributed by atoms with Crippen LogP contribution in [0.15, 0.2) is 0 Å². The van der Waals surface area contributed by atoms with Gasteiger partial charge >= 0.3 is 5.97 Å². The third kappa shape index (κ3) is 9.06. The van der Waals surface area contributed by atoms with Crippen molar-refractivity contribution in [3.05, 3.63) is 0 Å². The molecule has 0 aromatic heterocycles. The molecule has 0 saturated carbocycles. The first kappa shape index (κ1) is 20.0. The van der Waals surface area contributed by atoms with Crippen LogP contribution in [0.25, 0.3) is 0 Å². The highest BCUT2D eigenvalue weighted by molar-refractivity contribution is 5.68. The molecule has 120 valence electrons. The van der Waals surface area contributed by atoms with E-state index in [2.05, 4.69) is 17.8 Å². The van der Waals surface area contributed by atoms with E-state index in [-0.39, 0.29) is 58.6 Å². The Hall–Kier alpha value is -1.97. The molecule has 0 fully saturated rings. The lowest BCUT2D eigenvalue weighted by atomic mass is 9.92. The molecule has 0 aromatic rings. The molecule has 0 heterocycles. The van der Waals surface area contributed by atoms with E-state index in [1.165, 1.54) is 0 Å². The Kier molecular flexibility index (Phi) is 11.6. The summed E-state index contributed by atoms with van der Waals surface area (Å²) in [5, 5.41) is 0. The molecule has 5 nitrogen and oxygen atoms in total. The van der Waals surface area contributed by atoms with Crippen molar-refractivity contribution >= 4 is 5.97 Å². The summed E-state index contributed by atoms with van der Waals surface area (Å²) in [4.78, 5) is 11.4. The van der Waals surface area contributed by atoms with Crippen LogP contribution < -0.4 is 0 Å². The van der Waals surface area contributed by atoms with Crippen molar-refractivity contribution in [3.63, 3.8) is 0 Å². The lowest BCUT2D eigenvalue weighted by Gasteiger charge is -2.31. The molecular formula is C17H22O5. The average Bonchev–Trinajstić information content (AvgIpc) is 2.53. The van der Waals surface area contributed by atoms with Gasteiger partial charge in [-0.3, -0.25) is 4.79 Å². The SMILES string of the molecule is C#CCOCC(COCC#C)(COCC#C)COC(=O)CC. The molecule has 0 saturated heterocycles. The van der Waals surface area contributed by atoms with E-state index in [4.69, 9.17) is 38.2 Å². The first-order valence-corrected chi connectivity index (χ1v) is 6.83. The maximum atomic E-state index is 11.4. The number of hydrogen-bond acceptors (Lipinski definition) is 5. The van der Waals surface area contributed by atoms with Crippen molar-refractivity contribution in [2.24, 2.45) is 5.41 Å². The number of hydrogen-bond donors (Lipinski definition) is 0. The predicted octanol–water partition coefficient (Wildman–Crippen LogP) is 0.875. The van der Waals surface area contributed by atoms with Gasteiger partial charge in [0.2, 0.25) is 0 Å². The Morgan fingerprint density at radius 1 is 0.864 bits per heavy atom. The lowest BCUT2D eigenvalue weighted by molar-refractivity contribution is -0.154. The van der Waals surface area contributed by atoms with E-state index < -0.39 is 5.41 Å². The maximum Gasteiger partial charge on any atom is 0.305 e. The predicted molar refractivity (Wildman–Crippen MR) is 82.6 cm³/mol. The maximum absolute atomic E-state index is 11.4. The van der Waals surface area contributed by atoms with Crippen LogP contribution in [0, 0.1) is 42.4 Å². The minimum Gasteiger partial charge on any atom is -0.465 e. The van der Waals surface area contributed by atoms with Crippen LogP contribution in [0.4, 0.5) is 0 Å². The minimum absolute atomic E-state index is 0.0688. The van der Waals surface area contributed by atoms with Crippen LogP contribution in [0.3, 0.4) is 0 Å². The zero-order valence-corrected chi connectivity index (χ0v) is 12.9. The van der Waals surface area contributed by atoms with E-state index in [1.54, 1.807) is 6.92 Å². The summed E-state index contributed by atoms with van der Waals surface area (Å²) >= 11 is 0. The highest BCUT2D eigenvalue weighted by Crippen LogP contribution is 2.21. The molecule has 5 heteroatoms. The second kappa shape index (κ2) is 12.7. The largest absolute Gasteiger partial charge is 0.465 e. The Morgan fingerprint density at radius 3 is 1.59 bits per heavy atom. The van der Waals surface area contributed by atoms with Gasteiger partial charge in [0, 0.05) is 6.42 Å². The zero-order valence-electron chi connectivity index (χ0n) is 12.9. The van der Waals surface area contributed by atoms with Crippen LogP contribution in [0.1, 0.15) is 13.3 Å². The Morgan fingerprint density at radius 2 is 1.27 bits per heavy atom. The van der Waals surface area contributed by atoms with Crippen LogP contribution in [-0.4, -0.2) is 52.2 Å². The average molecular weight is 306 g/mol. The van der Waals surface area contributed by atoms with Gasteiger partial charge in [-0.25, -0.2) is 0 Å². The smallest absolute Gasteiger partial charge is 0.305 e. The minimum atomic E-state index is -0.713. The summed E-state index contributed by atoms with van der Waals surface area (Å²) in [6.45, 7) is 2.77. The second-order valence-electron chi connectivity index (χ2n) is 4.61. The normalized spacial score (nSPS) is 10.3. The summed E-state index contributed by atoms with van der Waals surface area (Å²) in [5.74, 6) is 6.80. The van der Waals surface area contributed by atoms with Gasteiger partial charge in [0.25, 0.3) is 0 Å². The summed E-state index contributed by atoms with van der Waals surface area (Å²) in [7, 11) is 0. The Bertz CT molecular complexity index is 385. The molecule has 0 N–H and O–H groups in total. The number of terminal acetylenes is 3. The third-order valence-electron chi connectivity index (χ3n) is 2.61. The molecule has 0 rings (SSSR count). The van der Waals surface area contributed by atoms with Crippen LogP contribution in [0.5, 0.6) is 0 Å². The molecule has 0 atom stereocenters. The fourth-order valence-electron chi connectivity index (χ4n) is 1.57. The third-order valence-corrected chi connectivity index (χ3v) is 2.61. The van der Waals surface area contributed by atoms with E-state index >= 15 is 0 Å². The standard InChI is InChI=1S/C17H22O5/c1-5-9-19-12-17(13-20-10-6-2,14-21-11-7-3)15-22-16(18)8-4/h1-3H,8-15H2,4H3. The molecule has 22 heavy (non-hydrogen) atoms. The van der Waals surface area contributed by atoms with Crippen molar-refractivity contribution in [1.82, 2.24) is 0 Å². The highest BCUT2D eigenvalue weighted by atomic mass is 16.5. The quantitative estimate of drug-likeness (QED) is 0.304. The van der Waals surface area contributed by atoms with E-state index in [9.17, 15) is 4.79 Å². The number of esters is 1. The van der Waals surface area contributed by atoms with Gasteiger partial charge in [0.05, 0.1) is 25.2 Å². The number of carbonyl (C=O) groups excluding carboxylic acids is 1. The van der Waals surface area contributed by atoms with Gasteiger partial charge in [-0.1, -0.05) is 24.7 Å². The molecule has 0 radical (unpaired) electrons. The second-order valence-corrected chi connectivity index (χ2v) is 4.61. The van der Waals surface area contributed by atoms with Gasteiger partial charge in [-0.05, 0) is 0 Å². The summed E-state index contributed by atoms with van der Waals surface area (Å²) in [6, 6.07) is 0. The molecule has 0 spiro atoms. The molecule has 0 aliphatic heterocycles. The molecule has 0 aliphatic rings. The van der Waals surface area contributed by atoms with Crippen molar-refractivity contribution in [1.29, 1.82) is 0 Å². The Labute approximate surface area is 132 Å². The first-order valence-electron chi connectivity index (χ1n) is 6.83.